The van der Waals surface area contributed by atoms with Gasteiger partial charge in [0, 0.05) is 31.1 Å². The average Bonchev–Trinajstić information content (AvgIpc) is 3.45. The molecule has 1 aromatic heterocycles. The summed E-state index contributed by atoms with van der Waals surface area (Å²) in [5, 5.41) is 1.08. The quantitative estimate of drug-likeness (QED) is 0.743. The minimum atomic E-state index is -0.118. The maximum Gasteiger partial charge on any atom is 0.160 e. The van der Waals surface area contributed by atoms with Crippen molar-refractivity contribution < 1.29 is 4.39 Å². The molecule has 5 rings (SSSR count). The number of nitrogens with zero attached hydrogens (tertiary/aromatic N) is 4. The number of aliphatic imine (C=N–C) groups is 1. The number of pyridine rings is 1. The zero-order chi connectivity index (χ0) is 19.1. The molecular formula is C22H25FN4S. The van der Waals surface area contributed by atoms with Crippen LogP contribution in [-0.4, -0.2) is 39.9 Å². The topological polar surface area (TPSA) is 31.7 Å². The molecule has 6 heteroatoms. The highest BCUT2D eigenvalue weighted by Crippen LogP contribution is 2.48. The van der Waals surface area contributed by atoms with Gasteiger partial charge >= 0.3 is 0 Å². The Morgan fingerprint density at radius 2 is 2.04 bits per heavy atom. The number of hydrogen-bond acceptors (Lipinski definition) is 5. The number of halogens is 1. The Bertz CT molecular complexity index is 881. The predicted molar refractivity (Wildman–Crippen MR) is 113 cm³/mol. The van der Waals surface area contributed by atoms with Crippen molar-refractivity contribution in [2.45, 2.75) is 44.3 Å². The number of anilines is 1. The van der Waals surface area contributed by atoms with Crippen molar-refractivity contribution >= 4 is 22.6 Å². The van der Waals surface area contributed by atoms with Crippen molar-refractivity contribution in [3.8, 4) is 0 Å². The van der Waals surface area contributed by atoms with E-state index in [0.29, 0.717) is 6.04 Å². The minimum Gasteiger partial charge on any atom is -0.369 e. The molecule has 2 fully saturated rings. The Morgan fingerprint density at radius 3 is 2.75 bits per heavy atom. The minimum absolute atomic E-state index is 0.00646. The molecule has 1 aromatic carbocycles. The molecule has 28 heavy (non-hydrogen) atoms. The summed E-state index contributed by atoms with van der Waals surface area (Å²) in [4.78, 5) is 14.2. The third-order valence-electron chi connectivity index (χ3n) is 6.09. The highest BCUT2D eigenvalue weighted by atomic mass is 32.2. The summed E-state index contributed by atoms with van der Waals surface area (Å²) in [6.07, 6.45) is 5.17. The molecule has 4 nitrogen and oxygen atoms in total. The van der Waals surface area contributed by atoms with Crippen molar-refractivity contribution in [2.24, 2.45) is 4.99 Å². The lowest BCUT2D eigenvalue weighted by Crippen LogP contribution is -2.35. The highest BCUT2D eigenvalue weighted by molar-refractivity contribution is 8.14. The third kappa shape index (κ3) is 2.98. The first-order valence-electron chi connectivity index (χ1n) is 10.2. The maximum atomic E-state index is 15.1. The largest absolute Gasteiger partial charge is 0.369 e. The van der Waals surface area contributed by atoms with Gasteiger partial charge in [-0.25, -0.2) is 4.39 Å². The first-order chi connectivity index (χ1) is 13.8. The Morgan fingerprint density at radius 1 is 1.18 bits per heavy atom. The predicted octanol–water partition coefficient (Wildman–Crippen LogP) is 4.80. The SMILES string of the molecule is CC[C@@H]1CSC2=N[C@H](c3ccccn3)[C@@H](c3ccc(N4CCCC4)c(F)c3)N21. The zero-order valence-electron chi connectivity index (χ0n) is 16.1. The van der Waals surface area contributed by atoms with Gasteiger partial charge in [0.05, 0.1) is 17.4 Å². The lowest BCUT2D eigenvalue weighted by atomic mass is 9.95. The van der Waals surface area contributed by atoms with Crippen LogP contribution in [0.5, 0.6) is 0 Å². The number of amidine groups is 1. The molecule has 3 aliphatic heterocycles. The Balaban J connectivity index is 1.54. The molecule has 0 aliphatic carbocycles. The van der Waals surface area contributed by atoms with Gasteiger partial charge in [0.15, 0.2) is 5.17 Å². The average molecular weight is 397 g/mol. The van der Waals surface area contributed by atoms with Crippen LogP contribution in [0.1, 0.15) is 49.5 Å². The second kappa shape index (κ2) is 7.39. The number of benzene rings is 1. The summed E-state index contributed by atoms with van der Waals surface area (Å²) in [6, 6.07) is 12.1. The number of fused-ring (bicyclic) bond motifs is 1. The van der Waals surface area contributed by atoms with Gasteiger partial charge in [-0.2, -0.15) is 0 Å². The molecule has 0 radical (unpaired) electrons. The molecule has 4 heterocycles. The fourth-order valence-corrected chi connectivity index (χ4v) is 5.97. The molecule has 0 spiro atoms. The van der Waals surface area contributed by atoms with Gasteiger partial charge in [0.25, 0.3) is 0 Å². The van der Waals surface area contributed by atoms with E-state index in [2.05, 4.69) is 27.8 Å². The van der Waals surface area contributed by atoms with Gasteiger partial charge in [-0.05, 0) is 49.1 Å². The van der Waals surface area contributed by atoms with Crippen LogP contribution in [0.4, 0.5) is 10.1 Å². The van der Waals surface area contributed by atoms with Crippen LogP contribution in [0, 0.1) is 5.82 Å². The van der Waals surface area contributed by atoms with E-state index in [4.69, 9.17) is 4.99 Å². The van der Waals surface area contributed by atoms with Gasteiger partial charge in [0.1, 0.15) is 11.9 Å². The summed E-state index contributed by atoms with van der Waals surface area (Å²) in [5.74, 6) is 0.933. The molecule has 0 saturated carbocycles. The first kappa shape index (κ1) is 18.0. The smallest absolute Gasteiger partial charge is 0.160 e. The van der Waals surface area contributed by atoms with E-state index < -0.39 is 0 Å². The van der Waals surface area contributed by atoms with E-state index >= 15 is 4.39 Å². The van der Waals surface area contributed by atoms with Crippen LogP contribution < -0.4 is 4.90 Å². The summed E-state index contributed by atoms with van der Waals surface area (Å²) >= 11 is 1.82. The van der Waals surface area contributed by atoms with E-state index in [-0.39, 0.29) is 17.9 Å². The monoisotopic (exact) mass is 396 g/mol. The van der Waals surface area contributed by atoms with E-state index in [9.17, 15) is 0 Å². The molecule has 3 atom stereocenters. The van der Waals surface area contributed by atoms with Crippen LogP contribution in [0.3, 0.4) is 0 Å². The molecule has 3 aliphatic rings. The van der Waals surface area contributed by atoms with Gasteiger partial charge < -0.3 is 9.80 Å². The Kier molecular flexibility index (Phi) is 4.75. The maximum absolute atomic E-state index is 15.1. The van der Waals surface area contributed by atoms with Crippen molar-refractivity contribution in [1.29, 1.82) is 0 Å². The van der Waals surface area contributed by atoms with Gasteiger partial charge in [-0.15, -0.1) is 0 Å². The first-order valence-corrected chi connectivity index (χ1v) is 11.2. The van der Waals surface area contributed by atoms with E-state index in [1.54, 1.807) is 6.07 Å². The lowest BCUT2D eigenvalue weighted by molar-refractivity contribution is 0.255. The second-order valence-corrected chi connectivity index (χ2v) is 8.73. The van der Waals surface area contributed by atoms with Crippen molar-refractivity contribution in [1.82, 2.24) is 9.88 Å². The fraction of sp³-hybridized carbons (Fsp3) is 0.455. The number of rotatable bonds is 4. The van der Waals surface area contributed by atoms with E-state index in [0.717, 1.165) is 60.2 Å². The Hall–Kier alpha value is -2.08. The normalized spacial score (nSPS) is 26.6. The van der Waals surface area contributed by atoms with Crippen molar-refractivity contribution in [3.05, 3.63) is 59.7 Å². The Labute approximate surface area is 169 Å². The van der Waals surface area contributed by atoms with Crippen molar-refractivity contribution in [2.75, 3.05) is 23.7 Å². The number of hydrogen-bond donors (Lipinski definition) is 0. The molecule has 2 saturated heterocycles. The van der Waals surface area contributed by atoms with Crippen LogP contribution in [0.2, 0.25) is 0 Å². The number of thioether (sulfide) groups is 1. The second-order valence-electron chi connectivity index (χ2n) is 7.74. The summed E-state index contributed by atoms with van der Waals surface area (Å²) in [6.45, 7) is 4.12. The molecule has 146 valence electrons. The van der Waals surface area contributed by atoms with Gasteiger partial charge in [-0.1, -0.05) is 30.8 Å². The van der Waals surface area contributed by atoms with Crippen LogP contribution >= 0.6 is 11.8 Å². The summed E-state index contributed by atoms with van der Waals surface area (Å²) in [5.41, 5.74) is 2.68. The van der Waals surface area contributed by atoms with Crippen molar-refractivity contribution in [3.63, 3.8) is 0 Å². The lowest BCUT2D eigenvalue weighted by Gasteiger charge is -2.32. The van der Waals surface area contributed by atoms with Gasteiger partial charge in [0.2, 0.25) is 0 Å². The molecule has 0 unspecified atom stereocenters. The third-order valence-corrected chi connectivity index (χ3v) is 7.22. The van der Waals surface area contributed by atoms with E-state index in [1.807, 2.05) is 42.2 Å². The molecular weight excluding hydrogens is 371 g/mol. The molecule has 2 aromatic rings. The molecule has 0 bridgehead atoms. The fourth-order valence-electron chi connectivity index (χ4n) is 4.63. The molecule has 0 amide bonds. The molecule has 0 N–H and O–H groups in total. The number of aromatic nitrogens is 1. The van der Waals surface area contributed by atoms with E-state index in [1.165, 1.54) is 0 Å². The van der Waals surface area contributed by atoms with Gasteiger partial charge in [-0.3, -0.25) is 9.98 Å². The van der Waals surface area contributed by atoms with Crippen LogP contribution in [0.25, 0.3) is 0 Å². The standard InChI is InChI=1S/C22H25FN4S/c1-2-16-14-28-22-25-20(18-7-3-4-10-24-18)21(27(16)22)15-8-9-19(17(23)13-15)26-11-5-6-12-26/h3-4,7-10,13,16,20-21H,2,5-6,11-12,14H2,1H3/t16-,20-,21-/m1/s1. The zero-order valence-corrected chi connectivity index (χ0v) is 16.9. The highest BCUT2D eigenvalue weighted by Gasteiger charge is 2.45. The van der Waals surface area contributed by atoms with Crippen LogP contribution in [0.15, 0.2) is 47.6 Å². The van der Waals surface area contributed by atoms with Crippen LogP contribution in [-0.2, 0) is 0 Å². The summed E-state index contributed by atoms with van der Waals surface area (Å²) in [7, 11) is 0. The summed E-state index contributed by atoms with van der Waals surface area (Å²) < 4.78 is 15.1.